The second-order valence-electron chi connectivity index (χ2n) is 6.96. The van der Waals surface area contributed by atoms with Crippen LogP contribution >= 0.6 is 0 Å². The maximum absolute atomic E-state index is 12.8. The highest BCUT2D eigenvalue weighted by Gasteiger charge is 2.37. The van der Waals surface area contributed by atoms with Gasteiger partial charge in [0.05, 0.1) is 5.41 Å². The largest absolute Gasteiger partial charge is 0.353 e. The van der Waals surface area contributed by atoms with Gasteiger partial charge in [-0.05, 0) is 43.9 Å². The van der Waals surface area contributed by atoms with E-state index in [0.29, 0.717) is 18.5 Å². The van der Waals surface area contributed by atoms with Crippen LogP contribution in [0.4, 0.5) is 0 Å². The highest BCUT2D eigenvalue weighted by molar-refractivity contribution is 5.83. The van der Waals surface area contributed by atoms with Gasteiger partial charge in [0.25, 0.3) is 0 Å². The smallest absolute Gasteiger partial charge is 0.227 e. The van der Waals surface area contributed by atoms with Gasteiger partial charge >= 0.3 is 0 Å². The molecule has 1 saturated carbocycles. The van der Waals surface area contributed by atoms with E-state index >= 15 is 0 Å². The van der Waals surface area contributed by atoms with Crippen LogP contribution in [0.5, 0.6) is 0 Å². The van der Waals surface area contributed by atoms with Crippen LogP contribution in [0.3, 0.4) is 0 Å². The Kier molecular flexibility index (Phi) is 7.01. The fraction of sp³-hybridized carbons (Fsp3) is 0.941. The van der Waals surface area contributed by atoms with Gasteiger partial charge in [0.2, 0.25) is 5.91 Å². The minimum Gasteiger partial charge on any atom is -0.353 e. The summed E-state index contributed by atoms with van der Waals surface area (Å²) in [6.07, 6.45) is 7.41. The first-order valence-electron chi connectivity index (χ1n) is 8.50. The van der Waals surface area contributed by atoms with Crippen molar-refractivity contribution in [2.24, 2.45) is 23.0 Å². The lowest BCUT2D eigenvalue weighted by molar-refractivity contribution is -0.133. The molecule has 118 valence electrons. The van der Waals surface area contributed by atoms with Crippen molar-refractivity contribution in [1.29, 1.82) is 0 Å². The molecule has 0 aliphatic heterocycles. The predicted molar refractivity (Wildman–Crippen MR) is 85.4 cm³/mol. The highest BCUT2D eigenvalue weighted by atomic mass is 16.2. The van der Waals surface area contributed by atoms with Crippen LogP contribution in [-0.4, -0.2) is 18.5 Å². The summed E-state index contributed by atoms with van der Waals surface area (Å²) in [4.78, 5) is 12.8. The molecular weight excluding hydrogens is 248 g/mol. The van der Waals surface area contributed by atoms with E-state index in [1.165, 1.54) is 12.8 Å². The number of nitrogens with one attached hydrogen (secondary N) is 1. The van der Waals surface area contributed by atoms with E-state index in [2.05, 4.69) is 33.0 Å². The molecule has 0 radical (unpaired) electrons. The Hall–Kier alpha value is -0.570. The third kappa shape index (κ3) is 4.21. The number of carbonyl (C=O) groups is 1. The third-order valence-corrected chi connectivity index (χ3v) is 5.08. The Morgan fingerprint density at radius 3 is 2.25 bits per heavy atom. The van der Waals surface area contributed by atoms with Gasteiger partial charge in [-0.1, -0.05) is 40.5 Å². The minimum absolute atomic E-state index is 0.204. The summed E-state index contributed by atoms with van der Waals surface area (Å²) >= 11 is 0. The molecular formula is C17H34N2O. The van der Waals surface area contributed by atoms with E-state index in [-0.39, 0.29) is 11.3 Å². The lowest BCUT2D eigenvalue weighted by Crippen LogP contribution is -2.51. The molecule has 1 rings (SSSR count). The molecule has 3 N–H and O–H groups in total. The molecule has 20 heavy (non-hydrogen) atoms. The Bertz CT molecular complexity index is 297. The lowest BCUT2D eigenvalue weighted by Gasteiger charge is -2.37. The molecule has 0 spiro atoms. The monoisotopic (exact) mass is 282 g/mol. The molecule has 0 heterocycles. The fourth-order valence-corrected chi connectivity index (χ4v) is 3.81. The molecule has 1 aliphatic rings. The van der Waals surface area contributed by atoms with Crippen LogP contribution in [0.25, 0.3) is 0 Å². The van der Waals surface area contributed by atoms with Gasteiger partial charge in [-0.3, -0.25) is 4.79 Å². The Labute approximate surface area is 125 Å². The maximum atomic E-state index is 12.8. The summed E-state index contributed by atoms with van der Waals surface area (Å²) in [5.41, 5.74) is 5.64. The molecule has 1 fully saturated rings. The highest BCUT2D eigenvalue weighted by Crippen LogP contribution is 2.32. The standard InChI is InChI=1S/C17H34N2O/c1-5-9-17(12-18,10-6-2)16(20)19-15-8-7-13(3)11-14(15)4/h13-15H,5-12,18H2,1-4H3,(H,19,20). The van der Waals surface area contributed by atoms with Crippen molar-refractivity contribution in [3.8, 4) is 0 Å². The quantitative estimate of drug-likeness (QED) is 0.751. The van der Waals surface area contributed by atoms with Gasteiger partial charge in [0, 0.05) is 12.6 Å². The van der Waals surface area contributed by atoms with Crippen molar-refractivity contribution in [3.63, 3.8) is 0 Å². The van der Waals surface area contributed by atoms with Crippen LogP contribution in [0.2, 0.25) is 0 Å². The number of rotatable bonds is 7. The first-order valence-corrected chi connectivity index (χ1v) is 8.50. The summed E-state index contributed by atoms with van der Waals surface area (Å²) in [5.74, 6) is 1.58. The van der Waals surface area contributed by atoms with E-state index in [1.54, 1.807) is 0 Å². The average molecular weight is 282 g/mol. The molecule has 0 saturated heterocycles. The van der Waals surface area contributed by atoms with Crippen molar-refractivity contribution in [2.45, 2.75) is 78.7 Å². The molecule has 0 aromatic rings. The van der Waals surface area contributed by atoms with Crippen molar-refractivity contribution < 1.29 is 4.79 Å². The maximum Gasteiger partial charge on any atom is 0.227 e. The van der Waals surface area contributed by atoms with Crippen molar-refractivity contribution in [3.05, 3.63) is 0 Å². The summed E-state index contributed by atoms with van der Waals surface area (Å²) in [7, 11) is 0. The Balaban J connectivity index is 2.70. The van der Waals surface area contributed by atoms with Crippen molar-refractivity contribution in [2.75, 3.05) is 6.54 Å². The molecule has 3 unspecified atom stereocenters. The van der Waals surface area contributed by atoms with Gasteiger partial charge < -0.3 is 11.1 Å². The topological polar surface area (TPSA) is 55.1 Å². The summed E-state index contributed by atoms with van der Waals surface area (Å²) in [5, 5.41) is 3.33. The first kappa shape index (κ1) is 17.5. The molecule has 3 nitrogen and oxygen atoms in total. The van der Waals surface area contributed by atoms with E-state index in [4.69, 9.17) is 5.73 Å². The van der Waals surface area contributed by atoms with E-state index in [0.717, 1.165) is 38.0 Å². The van der Waals surface area contributed by atoms with Gasteiger partial charge in [-0.2, -0.15) is 0 Å². The number of nitrogens with two attached hydrogens (primary N) is 1. The van der Waals surface area contributed by atoms with Gasteiger partial charge in [0.1, 0.15) is 0 Å². The SMILES string of the molecule is CCCC(CN)(CCC)C(=O)NC1CCC(C)CC1C. The van der Waals surface area contributed by atoms with E-state index in [9.17, 15) is 4.79 Å². The molecule has 0 bridgehead atoms. The van der Waals surface area contributed by atoms with Crippen LogP contribution < -0.4 is 11.1 Å². The zero-order chi connectivity index (χ0) is 15.2. The van der Waals surface area contributed by atoms with Crippen LogP contribution in [0.1, 0.15) is 72.6 Å². The third-order valence-electron chi connectivity index (χ3n) is 5.08. The summed E-state index contributed by atoms with van der Waals surface area (Å²) in [6, 6.07) is 0.346. The van der Waals surface area contributed by atoms with Crippen molar-refractivity contribution in [1.82, 2.24) is 5.32 Å². The van der Waals surface area contributed by atoms with Crippen LogP contribution in [-0.2, 0) is 4.79 Å². The average Bonchev–Trinajstić information content (AvgIpc) is 2.41. The molecule has 0 aromatic carbocycles. The second kappa shape index (κ2) is 8.02. The molecule has 3 atom stereocenters. The number of carbonyl (C=O) groups excluding carboxylic acids is 1. The normalized spacial score (nSPS) is 27.4. The Morgan fingerprint density at radius 1 is 1.20 bits per heavy atom. The fourth-order valence-electron chi connectivity index (χ4n) is 3.81. The second-order valence-corrected chi connectivity index (χ2v) is 6.96. The molecule has 0 aromatic heterocycles. The van der Waals surface area contributed by atoms with Crippen molar-refractivity contribution >= 4 is 5.91 Å². The summed E-state index contributed by atoms with van der Waals surface area (Å²) in [6.45, 7) is 9.33. The minimum atomic E-state index is -0.341. The van der Waals surface area contributed by atoms with Crippen LogP contribution in [0, 0.1) is 17.3 Å². The zero-order valence-electron chi connectivity index (χ0n) is 13.9. The number of hydrogen-bond donors (Lipinski definition) is 2. The number of amides is 1. The Morgan fingerprint density at radius 2 is 1.80 bits per heavy atom. The van der Waals surface area contributed by atoms with Gasteiger partial charge in [-0.15, -0.1) is 0 Å². The predicted octanol–water partition coefficient (Wildman–Crippen LogP) is 3.47. The summed E-state index contributed by atoms with van der Waals surface area (Å²) < 4.78 is 0. The lowest BCUT2D eigenvalue weighted by atomic mass is 9.76. The molecule has 1 amide bonds. The zero-order valence-corrected chi connectivity index (χ0v) is 13.9. The first-order chi connectivity index (χ1) is 9.49. The van der Waals surface area contributed by atoms with E-state index in [1.807, 2.05) is 0 Å². The number of hydrogen-bond acceptors (Lipinski definition) is 2. The molecule has 3 heteroatoms. The van der Waals surface area contributed by atoms with Crippen LogP contribution in [0.15, 0.2) is 0 Å². The van der Waals surface area contributed by atoms with E-state index < -0.39 is 0 Å². The van der Waals surface area contributed by atoms with Gasteiger partial charge in [0.15, 0.2) is 0 Å². The van der Waals surface area contributed by atoms with Gasteiger partial charge in [-0.25, -0.2) is 0 Å². The molecule has 1 aliphatic carbocycles.